The molecule has 32 heteroatoms. The van der Waals surface area contributed by atoms with Gasteiger partial charge in [0, 0.05) is 12.2 Å². The molecule has 31 nitrogen and oxygen atoms in total. The molecule has 0 spiro atoms. The van der Waals surface area contributed by atoms with Crippen LogP contribution in [0, 0.1) is 23.7 Å². The number of para-hydroxylation sites is 1. The second-order valence-corrected chi connectivity index (χ2v) is 23.7. The standard InChI is InChI=1S/C59H91N15O16S/c1-10-31(8)40-52(84)72-41(32(9)76)51(83)65-26-39(77)70-43(46(79)48(61)80)54(86)69-38(27-75)57(89)90-47(33-18-13-11-14-19-33)44(74(56(88)35(60)24-28(2)3)59(91)66-34-20-15-12-16-21-34)55(87)73-42(45(78)30(6)7)53(85)68-37(25-29(4)5)50(82)67-36(49(81)71-40)22-17-23-64-58(62)63/h11-16,18-21,28-32,35-38,40-47,75-76,78-79H,10,17,22-27,60H2,1-9H3,(H2,61,80)(H,65,83)(H,66,91)(H,67,82)(H,68,85)(H,69,86)(H,70,77)(H,71,81)(H,72,84)(H,73,87)(H4,62,63,64)/t31-,32-,35-,36+,37-,38-,40-,41-,42-,43-,44-,45+,46-,47+/m0/s1. The van der Waals surface area contributed by atoms with E-state index in [1.54, 1.807) is 71.9 Å². The molecule has 1 fully saturated rings. The first-order valence-electron chi connectivity index (χ1n) is 29.8. The highest BCUT2D eigenvalue weighted by Gasteiger charge is 2.47. The Morgan fingerprint density at radius 1 is 0.681 bits per heavy atom. The molecule has 1 aliphatic rings. The van der Waals surface area contributed by atoms with Gasteiger partial charge in [-0.15, -0.1) is 0 Å². The maximum atomic E-state index is 15.9. The average molecular weight is 1300 g/mol. The lowest BCUT2D eigenvalue weighted by Crippen LogP contribution is -2.65. The number of ether oxygens (including phenoxy) is 1. The summed E-state index contributed by atoms with van der Waals surface area (Å²) in [6.45, 7) is 11.8. The highest BCUT2D eigenvalue weighted by molar-refractivity contribution is 7.80. The Kier molecular flexibility index (Phi) is 31.3. The summed E-state index contributed by atoms with van der Waals surface area (Å²) in [5.41, 5.74) is 23.3. The molecule has 0 aliphatic carbocycles. The molecule has 21 N–H and O–H groups in total. The number of hydrogen-bond acceptors (Lipinski definition) is 19. The molecule has 0 aromatic heterocycles. The SMILES string of the molecule is CC[C@H](C)[C@@H]1NC(=O)[C@@H](CCCN=C(N)N)NC(=O)[C@H](CC(C)C)NC(=O)[C@H]([C@H](O)C(C)C)NC(=O)[C@@H](N(C(=O)[C@@H](N)CC(C)C)C(=S)Nc2ccccc2)[C@@H](c2ccccc2)OC(=O)[C@H](CO)NC(=O)[C@H]([C@H](O)C(N)=O)NC(=O)CNC(=O)[C@H]([C@H](C)O)NC1=O. The summed E-state index contributed by atoms with van der Waals surface area (Å²) in [5, 5.41) is 65.8. The van der Waals surface area contributed by atoms with E-state index in [0.717, 1.165) is 6.92 Å². The van der Waals surface area contributed by atoms with Crippen LogP contribution in [0.25, 0.3) is 0 Å². The zero-order valence-corrected chi connectivity index (χ0v) is 53.4. The second-order valence-electron chi connectivity index (χ2n) is 23.3. The summed E-state index contributed by atoms with van der Waals surface area (Å²) in [6.07, 6.45) is -8.31. The van der Waals surface area contributed by atoms with Gasteiger partial charge < -0.3 is 95.9 Å². The molecule has 2 aromatic carbocycles. The molecule has 0 saturated carbocycles. The molecule has 14 atom stereocenters. The Morgan fingerprint density at radius 2 is 1.22 bits per heavy atom. The number of cyclic esters (lactones) is 1. The third-order valence-corrected chi connectivity index (χ3v) is 14.8. The van der Waals surface area contributed by atoms with E-state index in [2.05, 4.69) is 47.5 Å². The molecule has 504 valence electrons. The normalized spacial score (nSPS) is 24.1. The van der Waals surface area contributed by atoms with Crippen molar-refractivity contribution in [3.63, 3.8) is 0 Å². The predicted octanol–water partition coefficient (Wildman–Crippen LogP) is -3.86. The van der Waals surface area contributed by atoms with Crippen molar-refractivity contribution in [2.24, 2.45) is 51.6 Å². The summed E-state index contributed by atoms with van der Waals surface area (Å²) in [7, 11) is 0. The van der Waals surface area contributed by atoms with Crippen molar-refractivity contribution in [2.45, 2.75) is 173 Å². The third kappa shape index (κ3) is 23.7. The van der Waals surface area contributed by atoms with E-state index >= 15 is 14.4 Å². The summed E-state index contributed by atoms with van der Waals surface area (Å²) in [4.78, 5) is 163. The number of aliphatic hydroxyl groups is 4. The average Bonchev–Trinajstić information content (AvgIpc) is 0.863. The van der Waals surface area contributed by atoms with Crippen molar-refractivity contribution in [1.82, 2.24) is 47.4 Å². The Bertz CT molecular complexity index is 2870. The first-order chi connectivity index (χ1) is 42.7. The van der Waals surface area contributed by atoms with Crippen molar-refractivity contribution in [1.29, 1.82) is 0 Å². The van der Waals surface area contributed by atoms with Crippen LogP contribution in [0.5, 0.6) is 0 Å². The van der Waals surface area contributed by atoms with Gasteiger partial charge in [0.15, 0.2) is 35.4 Å². The molecule has 0 bridgehead atoms. The topological polar surface area (TPSA) is 506 Å². The minimum atomic E-state index is -2.58. The number of benzene rings is 2. The molecular weight excluding hydrogens is 1210 g/mol. The largest absolute Gasteiger partial charge is 0.453 e. The molecular formula is C59H91N15O16S. The summed E-state index contributed by atoms with van der Waals surface area (Å²) in [6, 6.07) is -1.75. The number of amides is 10. The van der Waals surface area contributed by atoms with Gasteiger partial charge in [0.25, 0.3) is 0 Å². The van der Waals surface area contributed by atoms with Crippen molar-refractivity contribution < 1.29 is 77.9 Å². The van der Waals surface area contributed by atoms with Crippen LogP contribution < -0.4 is 70.8 Å². The number of anilines is 1. The Labute approximate surface area is 533 Å². The van der Waals surface area contributed by atoms with Crippen molar-refractivity contribution in [3.05, 3.63) is 66.2 Å². The lowest BCUT2D eigenvalue weighted by atomic mass is 9.94. The number of aliphatic imine (C=N–C) groups is 1. The quantitative estimate of drug-likeness (QED) is 0.0198. The zero-order valence-electron chi connectivity index (χ0n) is 52.5. The zero-order chi connectivity index (χ0) is 68.6. The van der Waals surface area contributed by atoms with Crippen LogP contribution in [0.15, 0.2) is 65.7 Å². The summed E-state index contributed by atoms with van der Waals surface area (Å²) >= 11 is 5.93. The number of hydrogen-bond donors (Lipinski definition) is 17. The molecule has 2 aromatic rings. The van der Waals surface area contributed by atoms with Crippen LogP contribution in [0.4, 0.5) is 5.69 Å². The molecule has 0 radical (unpaired) electrons. The molecule has 10 amide bonds. The minimum absolute atomic E-state index is 0.0292. The Morgan fingerprint density at radius 3 is 1.76 bits per heavy atom. The van der Waals surface area contributed by atoms with Crippen LogP contribution in [0.3, 0.4) is 0 Å². The van der Waals surface area contributed by atoms with Gasteiger partial charge in [-0.2, -0.15) is 0 Å². The smallest absolute Gasteiger partial charge is 0.331 e. The number of rotatable bonds is 20. The van der Waals surface area contributed by atoms with Crippen molar-refractivity contribution >= 4 is 94.0 Å². The van der Waals surface area contributed by atoms with Gasteiger partial charge >= 0.3 is 5.97 Å². The molecule has 1 aliphatic heterocycles. The van der Waals surface area contributed by atoms with E-state index < -0.39 is 174 Å². The van der Waals surface area contributed by atoms with Crippen LogP contribution in [-0.2, 0) is 57.5 Å². The third-order valence-electron chi connectivity index (χ3n) is 14.5. The lowest BCUT2D eigenvalue weighted by Gasteiger charge is -2.39. The number of primary amides is 1. The highest BCUT2D eigenvalue weighted by atomic mass is 32.1. The number of esters is 1. The predicted molar refractivity (Wildman–Crippen MR) is 336 cm³/mol. The van der Waals surface area contributed by atoms with Gasteiger partial charge in [0.05, 0.1) is 31.4 Å². The maximum Gasteiger partial charge on any atom is 0.331 e. The van der Waals surface area contributed by atoms with Gasteiger partial charge in [0.1, 0.15) is 36.3 Å². The van der Waals surface area contributed by atoms with E-state index in [1.807, 2.05) is 5.32 Å². The van der Waals surface area contributed by atoms with Crippen LogP contribution in [0.2, 0.25) is 0 Å². The fraction of sp³-hybridized carbons (Fsp3) is 0.576. The minimum Gasteiger partial charge on any atom is -0.453 e. The van der Waals surface area contributed by atoms with Gasteiger partial charge in [-0.25, -0.2) is 4.79 Å². The maximum absolute atomic E-state index is 15.9. The first-order valence-corrected chi connectivity index (χ1v) is 30.2. The fourth-order valence-corrected chi connectivity index (χ4v) is 9.67. The highest BCUT2D eigenvalue weighted by Crippen LogP contribution is 2.29. The molecule has 1 saturated heterocycles. The van der Waals surface area contributed by atoms with Crippen molar-refractivity contribution in [2.75, 3.05) is 25.0 Å². The molecule has 0 unspecified atom stereocenters. The van der Waals surface area contributed by atoms with E-state index in [1.165, 1.54) is 44.2 Å². The van der Waals surface area contributed by atoms with E-state index in [-0.39, 0.29) is 67.7 Å². The van der Waals surface area contributed by atoms with Gasteiger partial charge in [-0.05, 0) is 86.2 Å². The van der Waals surface area contributed by atoms with E-state index in [9.17, 15) is 58.8 Å². The summed E-state index contributed by atoms with van der Waals surface area (Å²) < 4.78 is 6.09. The van der Waals surface area contributed by atoms with Crippen LogP contribution >= 0.6 is 12.2 Å². The fourth-order valence-electron chi connectivity index (χ4n) is 9.35. The summed E-state index contributed by atoms with van der Waals surface area (Å²) in [5.74, 6) is -16.4. The molecule has 3 rings (SSSR count). The number of guanidine groups is 1. The Balaban J connectivity index is 2.51. The van der Waals surface area contributed by atoms with Crippen molar-refractivity contribution in [3.8, 4) is 0 Å². The van der Waals surface area contributed by atoms with Gasteiger partial charge in [-0.1, -0.05) is 110 Å². The van der Waals surface area contributed by atoms with Gasteiger partial charge in [0.2, 0.25) is 59.1 Å². The van der Waals surface area contributed by atoms with Gasteiger partial charge in [-0.3, -0.25) is 57.8 Å². The first kappa shape index (κ1) is 76.8. The number of nitrogens with one attached hydrogen (secondary N) is 9. The number of nitrogens with two attached hydrogens (primary N) is 4. The van der Waals surface area contributed by atoms with E-state index in [0.29, 0.717) is 4.90 Å². The lowest BCUT2D eigenvalue weighted by molar-refractivity contribution is -0.162. The Hall–Kier alpha value is -8.43. The van der Waals surface area contributed by atoms with Crippen LogP contribution in [-0.4, -0.2) is 194 Å². The number of nitrogens with zero attached hydrogens (tertiary/aromatic N) is 2. The number of carbonyl (C=O) groups is 11. The van der Waals surface area contributed by atoms with E-state index in [4.69, 9.17) is 39.9 Å². The monoisotopic (exact) mass is 1300 g/mol. The second kappa shape index (κ2) is 37.0. The van der Waals surface area contributed by atoms with Crippen LogP contribution in [0.1, 0.15) is 106 Å². The number of thiocarbonyl (C=S) groups is 1. The number of carbonyl (C=O) groups excluding carboxylic acids is 11. The molecule has 91 heavy (non-hydrogen) atoms. The molecule has 1 heterocycles. The number of aliphatic hydroxyl groups excluding tert-OH is 4.